The Morgan fingerprint density at radius 2 is 2.20 bits per heavy atom. The summed E-state index contributed by atoms with van der Waals surface area (Å²) in [6, 6.07) is 0. The average molecular weight is 221 g/mol. The second kappa shape index (κ2) is 3.31. The van der Waals surface area contributed by atoms with E-state index in [1.54, 1.807) is 0 Å². The van der Waals surface area contributed by atoms with Crippen LogP contribution in [-0.2, 0) is 0 Å². The van der Waals surface area contributed by atoms with Crippen molar-refractivity contribution in [1.29, 1.82) is 0 Å². The molecule has 0 nitrogen and oxygen atoms in total. The van der Waals surface area contributed by atoms with Gasteiger partial charge in [0, 0.05) is 9.57 Å². The fourth-order valence-corrected chi connectivity index (χ4v) is 1.75. The van der Waals surface area contributed by atoms with Crippen LogP contribution in [0.5, 0.6) is 0 Å². The van der Waals surface area contributed by atoms with Gasteiger partial charge in [0.1, 0.15) is 0 Å². The van der Waals surface area contributed by atoms with E-state index in [4.69, 9.17) is 0 Å². The Balaban J connectivity index is 2.36. The molecule has 1 unspecified atom stereocenters. The first-order chi connectivity index (χ1) is 4.68. The molecule has 0 radical (unpaired) electrons. The lowest BCUT2D eigenvalue weighted by atomic mass is 10.3. The standard InChI is InChI=1S/C8H13BrS/c1-7(9)3-4-8(10-2)5-6-8/h3-4,7H,5-6H2,1-2H3/b4-3+. The predicted octanol–water partition coefficient (Wildman–Crippen LogP) is 3.22. The van der Waals surface area contributed by atoms with Crippen molar-refractivity contribution < 1.29 is 0 Å². The first-order valence-corrected chi connectivity index (χ1v) is 5.71. The number of hydrogen-bond acceptors (Lipinski definition) is 1. The molecule has 1 fully saturated rings. The van der Waals surface area contributed by atoms with E-state index in [-0.39, 0.29) is 0 Å². The summed E-state index contributed by atoms with van der Waals surface area (Å²) in [6.45, 7) is 2.15. The smallest absolute Gasteiger partial charge is 0.0337 e. The summed E-state index contributed by atoms with van der Waals surface area (Å²) >= 11 is 5.46. The molecular formula is C8H13BrS. The average Bonchev–Trinajstić information content (AvgIpc) is 2.64. The Hall–Kier alpha value is 0.570. The van der Waals surface area contributed by atoms with E-state index in [1.807, 2.05) is 11.8 Å². The highest BCUT2D eigenvalue weighted by molar-refractivity contribution is 9.09. The number of hydrogen-bond donors (Lipinski definition) is 0. The minimum Gasteiger partial charge on any atom is -0.154 e. The van der Waals surface area contributed by atoms with Gasteiger partial charge < -0.3 is 0 Å². The lowest BCUT2D eigenvalue weighted by Crippen LogP contribution is -1.96. The van der Waals surface area contributed by atoms with Crippen LogP contribution < -0.4 is 0 Å². The quantitative estimate of drug-likeness (QED) is 0.520. The molecule has 1 atom stereocenters. The van der Waals surface area contributed by atoms with Gasteiger partial charge in [0.15, 0.2) is 0 Å². The summed E-state index contributed by atoms with van der Waals surface area (Å²) in [5, 5.41) is 0. The second-order valence-electron chi connectivity index (χ2n) is 2.81. The lowest BCUT2D eigenvalue weighted by Gasteiger charge is -2.03. The van der Waals surface area contributed by atoms with Crippen LogP contribution in [0.25, 0.3) is 0 Å². The van der Waals surface area contributed by atoms with Crippen molar-refractivity contribution >= 4 is 27.7 Å². The Labute approximate surface area is 75.6 Å². The Morgan fingerprint density at radius 3 is 2.50 bits per heavy atom. The van der Waals surface area contributed by atoms with E-state index in [0.29, 0.717) is 9.57 Å². The normalized spacial score (nSPS) is 25.1. The molecule has 0 N–H and O–H groups in total. The van der Waals surface area contributed by atoms with E-state index in [1.165, 1.54) is 12.8 Å². The molecule has 0 saturated heterocycles. The summed E-state index contributed by atoms with van der Waals surface area (Å²) in [7, 11) is 0. The van der Waals surface area contributed by atoms with Crippen LogP contribution >= 0.6 is 27.7 Å². The first-order valence-electron chi connectivity index (χ1n) is 3.57. The molecule has 1 aliphatic rings. The molecule has 58 valence electrons. The summed E-state index contributed by atoms with van der Waals surface area (Å²) in [5.41, 5.74) is 0. The third-order valence-electron chi connectivity index (χ3n) is 1.81. The summed E-state index contributed by atoms with van der Waals surface area (Å²) in [6.07, 6.45) is 9.51. The predicted molar refractivity (Wildman–Crippen MR) is 53.0 cm³/mol. The van der Waals surface area contributed by atoms with E-state index in [0.717, 1.165) is 0 Å². The topological polar surface area (TPSA) is 0 Å². The maximum Gasteiger partial charge on any atom is 0.0337 e. The zero-order valence-electron chi connectivity index (χ0n) is 6.43. The minimum absolute atomic E-state index is 0.525. The summed E-state index contributed by atoms with van der Waals surface area (Å²) in [5.74, 6) is 0. The van der Waals surface area contributed by atoms with Crippen molar-refractivity contribution in [2.45, 2.75) is 29.3 Å². The molecule has 0 aromatic carbocycles. The Morgan fingerprint density at radius 1 is 1.60 bits per heavy atom. The van der Waals surface area contributed by atoms with Gasteiger partial charge in [-0.15, -0.1) is 0 Å². The number of rotatable bonds is 3. The monoisotopic (exact) mass is 220 g/mol. The van der Waals surface area contributed by atoms with Crippen LogP contribution in [0.3, 0.4) is 0 Å². The Bertz CT molecular complexity index is 136. The molecule has 1 saturated carbocycles. The third kappa shape index (κ3) is 2.31. The molecule has 0 aromatic heterocycles. The fourth-order valence-electron chi connectivity index (χ4n) is 0.870. The molecule has 0 spiro atoms. The van der Waals surface area contributed by atoms with Crippen molar-refractivity contribution in [2.75, 3.05) is 6.26 Å². The SMILES string of the molecule is CSC1(/C=C/C(C)Br)CC1. The number of allylic oxidation sites excluding steroid dienone is 1. The number of thioether (sulfide) groups is 1. The zero-order chi connectivity index (χ0) is 7.61. The fraction of sp³-hybridized carbons (Fsp3) is 0.750. The van der Waals surface area contributed by atoms with Crippen molar-refractivity contribution in [3.8, 4) is 0 Å². The maximum atomic E-state index is 3.49. The van der Waals surface area contributed by atoms with Gasteiger partial charge in [-0.1, -0.05) is 28.1 Å². The molecule has 1 aliphatic carbocycles. The summed E-state index contributed by atoms with van der Waals surface area (Å²) < 4.78 is 0.530. The highest BCUT2D eigenvalue weighted by Gasteiger charge is 2.38. The maximum absolute atomic E-state index is 3.49. The van der Waals surface area contributed by atoms with Crippen LogP contribution in [0.15, 0.2) is 12.2 Å². The van der Waals surface area contributed by atoms with Gasteiger partial charge >= 0.3 is 0 Å². The van der Waals surface area contributed by atoms with Crippen LogP contribution in [0.4, 0.5) is 0 Å². The molecule has 0 bridgehead atoms. The highest BCUT2D eigenvalue weighted by Crippen LogP contribution is 2.48. The van der Waals surface area contributed by atoms with Crippen LogP contribution in [0, 0.1) is 0 Å². The molecule has 0 aliphatic heterocycles. The van der Waals surface area contributed by atoms with Gasteiger partial charge in [-0.3, -0.25) is 0 Å². The van der Waals surface area contributed by atoms with E-state index in [9.17, 15) is 0 Å². The van der Waals surface area contributed by atoms with Gasteiger partial charge in [-0.2, -0.15) is 11.8 Å². The van der Waals surface area contributed by atoms with E-state index in [2.05, 4.69) is 41.3 Å². The molecule has 0 amide bonds. The molecule has 2 heteroatoms. The van der Waals surface area contributed by atoms with Crippen molar-refractivity contribution in [3.05, 3.63) is 12.2 Å². The molecule has 10 heavy (non-hydrogen) atoms. The van der Waals surface area contributed by atoms with Gasteiger partial charge in [-0.05, 0) is 26.0 Å². The van der Waals surface area contributed by atoms with Gasteiger partial charge in [0.2, 0.25) is 0 Å². The minimum atomic E-state index is 0.525. The van der Waals surface area contributed by atoms with Gasteiger partial charge in [0.25, 0.3) is 0 Å². The zero-order valence-corrected chi connectivity index (χ0v) is 8.83. The largest absolute Gasteiger partial charge is 0.154 e. The van der Waals surface area contributed by atoms with Crippen molar-refractivity contribution in [1.82, 2.24) is 0 Å². The number of alkyl halides is 1. The van der Waals surface area contributed by atoms with E-state index >= 15 is 0 Å². The first kappa shape index (κ1) is 8.66. The van der Waals surface area contributed by atoms with Crippen molar-refractivity contribution in [3.63, 3.8) is 0 Å². The molecular weight excluding hydrogens is 208 g/mol. The molecule has 0 aromatic rings. The van der Waals surface area contributed by atoms with Gasteiger partial charge in [0.05, 0.1) is 0 Å². The summed E-state index contributed by atoms with van der Waals surface area (Å²) in [4.78, 5) is 0.525. The van der Waals surface area contributed by atoms with E-state index < -0.39 is 0 Å². The molecule has 1 rings (SSSR count). The van der Waals surface area contributed by atoms with Crippen LogP contribution in [0.2, 0.25) is 0 Å². The lowest BCUT2D eigenvalue weighted by molar-refractivity contribution is 1.16. The molecule has 0 heterocycles. The third-order valence-corrected chi connectivity index (χ3v) is 3.48. The Kier molecular flexibility index (Phi) is 2.87. The number of halogens is 1. The van der Waals surface area contributed by atoms with Crippen LogP contribution in [-0.4, -0.2) is 15.8 Å². The van der Waals surface area contributed by atoms with Crippen molar-refractivity contribution in [2.24, 2.45) is 0 Å². The van der Waals surface area contributed by atoms with Crippen LogP contribution in [0.1, 0.15) is 19.8 Å². The second-order valence-corrected chi connectivity index (χ2v) is 5.47. The highest BCUT2D eigenvalue weighted by atomic mass is 79.9. The van der Waals surface area contributed by atoms with Gasteiger partial charge in [-0.25, -0.2) is 0 Å².